The van der Waals surface area contributed by atoms with Crippen molar-refractivity contribution >= 4 is 23.2 Å². The summed E-state index contributed by atoms with van der Waals surface area (Å²) < 4.78 is 5.88. The van der Waals surface area contributed by atoms with Crippen LogP contribution in [0.3, 0.4) is 0 Å². The first-order valence-corrected chi connectivity index (χ1v) is 9.28. The summed E-state index contributed by atoms with van der Waals surface area (Å²) in [6, 6.07) is 1.83. The highest BCUT2D eigenvalue weighted by atomic mass is 32.1. The molecule has 0 radical (unpaired) electrons. The van der Waals surface area contributed by atoms with Crippen molar-refractivity contribution in [1.82, 2.24) is 10.2 Å². The number of hydrogen-bond donors (Lipinski definition) is 1. The van der Waals surface area contributed by atoms with Crippen LogP contribution in [-0.2, 0) is 9.53 Å². The number of nitrogens with zero attached hydrogens (tertiary/aromatic N) is 1. The van der Waals surface area contributed by atoms with Gasteiger partial charge in [-0.2, -0.15) is 11.3 Å². The minimum absolute atomic E-state index is 0.0209. The minimum atomic E-state index is -0.0209. The molecular weight excluding hydrogens is 312 g/mol. The van der Waals surface area contributed by atoms with Gasteiger partial charge in [0.2, 0.25) is 5.91 Å². The molecule has 5 nitrogen and oxygen atoms in total. The molecular formula is C17H22N2O3S. The topological polar surface area (TPSA) is 58.6 Å². The highest BCUT2D eigenvalue weighted by Crippen LogP contribution is 2.41. The quantitative estimate of drug-likeness (QED) is 0.910. The third-order valence-corrected chi connectivity index (χ3v) is 6.17. The van der Waals surface area contributed by atoms with Crippen LogP contribution < -0.4 is 5.32 Å². The Morgan fingerprint density at radius 2 is 2.26 bits per heavy atom. The summed E-state index contributed by atoms with van der Waals surface area (Å²) in [4.78, 5) is 26.4. The zero-order valence-electron chi connectivity index (χ0n) is 13.2. The molecule has 0 spiro atoms. The van der Waals surface area contributed by atoms with E-state index in [0.29, 0.717) is 36.8 Å². The summed E-state index contributed by atoms with van der Waals surface area (Å²) in [6.07, 6.45) is 1.18. The molecule has 23 heavy (non-hydrogen) atoms. The highest BCUT2D eigenvalue weighted by Gasteiger charge is 2.49. The van der Waals surface area contributed by atoms with Gasteiger partial charge in [0.15, 0.2) is 0 Å². The third kappa shape index (κ3) is 2.90. The number of carbonyl (C=O) groups is 2. The smallest absolute Gasteiger partial charge is 0.252 e. The normalized spacial score (nSPS) is 35.2. The molecule has 3 fully saturated rings. The molecule has 0 aromatic carbocycles. The van der Waals surface area contributed by atoms with E-state index in [1.165, 1.54) is 11.3 Å². The molecule has 3 heterocycles. The Morgan fingerprint density at radius 3 is 2.96 bits per heavy atom. The van der Waals surface area contributed by atoms with Crippen molar-refractivity contribution in [3.05, 3.63) is 22.4 Å². The Morgan fingerprint density at radius 1 is 1.43 bits per heavy atom. The lowest BCUT2D eigenvalue weighted by atomic mass is 9.93. The van der Waals surface area contributed by atoms with Crippen molar-refractivity contribution in [3.8, 4) is 0 Å². The van der Waals surface area contributed by atoms with E-state index in [9.17, 15) is 9.59 Å². The average molecular weight is 334 g/mol. The van der Waals surface area contributed by atoms with Gasteiger partial charge in [0.25, 0.3) is 5.91 Å². The number of fused-ring (bicyclic) bond motifs is 1. The van der Waals surface area contributed by atoms with Crippen molar-refractivity contribution in [2.24, 2.45) is 23.7 Å². The van der Waals surface area contributed by atoms with Gasteiger partial charge in [-0.15, -0.1) is 0 Å². The fraction of sp³-hybridized carbons (Fsp3) is 0.647. The molecule has 2 amide bonds. The number of thiophene rings is 1. The lowest BCUT2D eigenvalue weighted by Crippen LogP contribution is -2.35. The number of hydrogen-bond acceptors (Lipinski definition) is 4. The van der Waals surface area contributed by atoms with E-state index >= 15 is 0 Å². The van der Waals surface area contributed by atoms with Crippen LogP contribution in [0, 0.1) is 23.7 Å². The lowest BCUT2D eigenvalue weighted by Gasteiger charge is -2.20. The van der Waals surface area contributed by atoms with Crippen molar-refractivity contribution in [3.63, 3.8) is 0 Å². The van der Waals surface area contributed by atoms with Crippen LogP contribution in [0.5, 0.6) is 0 Å². The van der Waals surface area contributed by atoms with E-state index in [0.717, 1.165) is 25.1 Å². The van der Waals surface area contributed by atoms with E-state index in [1.54, 1.807) is 0 Å². The van der Waals surface area contributed by atoms with Crippen molar-refractivity contribution < 1.29 is 14.3 Å². The summed E-state index contributed by atoms with van der Waals surface area (Å²) in [7, 11) is 0. The molecule has 2 aliphatic heterocycles. The molecule has 2 saturated heterocycles. The summed E-state index contributed by atoms with van der Waals surface area (Å²) in [5.41, 5.74) is 0.719. The predicted octanol–water partition coefficient (Wildman–Crippen LogP) is 1.61. The average Bonchev–Trinajstić information content (AvgIpc) is 2.99. The first-order chi connectivity index (χ1) is 11.1. The molecule has 0 unspecified atom stereocenters. The maximum atomic E-state index is 12.4. The van der Waals surface area contributed by atoms with Gasteiger partial charge in [-0.1, -0.05) is 6.92 Å². The summed E-state index contributed by atoms with van der Waals surface area (Å²) >= 11 is 1.52. The molecule has 1 aromatic heterocycles. The maximum absolute atomic E-state index is 12.4. The molecule has 1 aliphatic carbocycles. The largest absolute Gasteiger partial charge is 0.376 e. The zero-order valence-corrected chi connectivity index (χ0v) is 14.1. The van der Waals surface area contributed by atoms with Crippen molar-refractivity contribution in [2.45, 2.75) is 19.4 Å². The van der Waals surface area contributed by atoms with Gasteiger partial charge >= 0.3 is 0 Å². The molecule has 3 aliphatic rings. The number of nitrogens with one attached hydrogen (secondary N) is 1. The molecule has 6 heteroatoms. The Kier molecular flexibility index (Phi) is 3.89. The van der Waals surface area contributed by atoms with E-state index < -0.39 is 0 Å². The van der Waals surface area contributed by atoms with E-state index in [1.807, 2.05) is 21.7 Å². The number of amides is 2. The van der Waals surface area contributed by atoms with Gasteiger partial charge in [0.1, 0.15) is 0 Å². The van der Waals surface area contributed by atoms with Gasteiger partial charge in [0.05, 0.1) is 12.7 Å². The van der Waals surface area contributed by atoms with Crippen LogP contribution in [0.25, 0.3) is 0 Å². The standard InChI is InChI=1S/C17H22N2O3S/c1-10-4-13(10)17(21)19-6-14-12(8-22-15(14)7-19)5-18-16(20)11-2-3-23-9-11/h2-3,9-10,12-15H,4-8H2,1H3,(H,18,20)/t10-,12+,13-,14+,15+/m0/s1. The van der Waals surface area contributed by atoms with Crippen LogP contribution >= 0.6 is 11.3 Å². The zero-order chi connectivity index (χ0) is 16.0. The van der Waals surface area contributed by atoms with Crippen LogP contribution in [0.1, 0.15) is 23.7 Å². The van der Waals surface area contributed by atoms with E-state index in [2.05, 4.69) is 12.2 Å². The molecule has 4 rings (SSSR count). The Labute approximate surface area is 140 Å². The maximum Gasteiger partial charge on any atom is 0.252 e. The summed E-state index contributed by atoms with van der Waals surface area (Å²) in [5.74, 6) is 1.73. The highest BCUT2D eigenvalue weighted by molar-refractivity contribution is 7.08. The first-order valence-electron chi connectivity index (χ1n) is 8.34. The summed E-state index contributed by atoms with van der Waals surface area (Å²) in [6.45, 7) is 4.95. The molecule has 1 aromatic rings. The second kappa shape index (κ2) is 5.91. The Hall–Kier alpha value is -1.40. The minimum Gasteiger partial charge on any atom is -0.376 e. The van der Waals surface area contributed by atoms with Gasteiger partial charge in [0, 0.05) is 48.3 Å². The number of likely N-dealkylation sites (tertiary alicyclic amines) is 1. The van der Waals surface area contributed by atoms with Crippen LogP contribution in [-0.4, -0.2) is 49.1 Å². The van der Waals surface area contributed by atoms with Crippen LogP contribution in [0.2, 0.25) is 0 Å². The van der Waals surface area contributed by atoms with Crippen molar-refractivity contribution in [2.75, 3.05) is 26.2 Å². The summed E-state index contributed by atoms with van der Waals surface area (Å²) in [5, 5.41) is 6.77. The fourth-order valence-electron chi connectivity index (χ4n) is 3.81. The van der Waals surface area contributed by atoms with Gasteiger partial charge in [-0.3, -0.25) is 9.59 Å². The van der Waals surface area contributed by atoms with Crippen LogP contribution in [0.4, 0.5) is 0 Å². The van der Waals surface area contributed by atoms with E-state index in [-0.39, 0.29) is 17.9 Å². The number of ether oxygens (including phenoxy) is 1. The Bertz CT molecular complexity index is 603. The number of carbonyl (C=O) groups excluding carboxylic acids is 2. The molecule has 5 atom stereocenters. The van der Waals surface area contributed by atoms with Gasteiger partial charge in [-0.05, 0) is 23.8 Å². The van der Waals surface area contributed by atoms with Crippen LogP contribution in [0.15, 0.2) is 16.8 Å². The SMILES string of the molecule is C[C@H]1C[C@@H]1C(=O)N1C[C@@H]2[C@H](CNC(=O)c3ccsc3)CO[C@@H]2C1. The van der Waals surface area contributed by atoms with Gasteiger partial charge < -0.3 is 15.0 Å². The predicted molar refractivity (Wildman–Crippen MR) is 87.2 cm³/mol. The molecule has 1 saturated carbocycles. The number of rotatable bonds is 4. The second-order valence-corrected chi connectivity index (χ2v) is 7.86. The first kappa shape index (κ1) is 15.1. The monoisotopic (exact) mass is 334 g/mol. The van der Waals surface area contributed by atoms with Crippen molar-refractivity contribution in [1.29, 1.82) is 0 Å². The fourth-order valence-corrected chi connectivity index (χ4v) is 4.45. The van der Waals surface area contributed by atoms with E-state index in [4.69, 9.17) is 4.74 Å². The molecule has 1 N–H and O–H groups in total. The Balaban J connectivity index is 1.31. The third-order valence-electron chi connectivity index (χ3n) is 5.49. The lowest BCUT2D eigenvalue weighted by molar-refractivity contribution is -0.132. The molecule has 124 valence electrons. The van der Waals surface area contributed by atoms with Gasteiger partial charge in [-0.25, -0.2) is 0 Å². The molecule has 0 bridgehead atoms. The second-order valence-electron chi connectivity index (χ2n) is 7.08.